The largest absolute Gasteiger partial charge is 0.339 e. The van der Waals surface area contributed by atoms with Gasteiger partial charge in [-0.25, -0.2) is 0 Å². The lowest BCUT2D eigenvalue weighted by Crippen LogP contribution is -2.44. The van der Waals surface area contributed by atoms with Crippen LogP contribution < -0.4 is 9.57 Å². The Morgan fingerprint density at radius 3 is 2.55 bits per heavy atom. The van der Waals surface area contributed by atoms with E-state index < -0.39 is 0 Å². The van der Waals surface area contributed by atoms with Crippen LogP contribution in [0, 0.1) is 20.8 Å². The summed E-state index contributed by atoms with van der Waals surface area (Å²) in [6, 6.07) is 0. The van der Waals surface area contributed by atoms with Crippen LogP contribution >= 0.6 is 0 Å². The van der Waals surface area contributed by atoms with E-state index in [0.717, 1.165) is 11.4 Å². The molecule has 0 fully saturated rings. The molecule has 60 valence electrons. The Morgan fingerprint density at radius 1 is 1.36 bits per heavy atom. The second-order valence-electron chi connectivity index (χ2n) is 2.55. The van der Waals surface area contributed by atoms with Crippen molar-refractivity contribution in [2.24, 2.45) is 0 Å². The van der Waals surface area contributed by atoms with Gasteiger partial charge in [0.25, 0.3) is 0 Å². The maximum atomic E-state index is 5.03. The highest BCUT2D eigenvalue weighted by molar-refractivity contribution is 5.16. The molecule has 1 rings (SSSR count). The molecule has 0 unspecified atom stereocenters. The Morgan fingerprint density at radius 2 is 2.00 bits per heavy atom. The van der Waals surface area contributed by atoms with Gasteiger partial charge < -0.3 is 4.84 Å². The molecule has 0 saturated heterocycles. The van der Waals surface area contributed by atoms with Gasteiger partial charge in [-0.05, 0) is 11.7 Å². The third-order valence-electron chi connectivity index (χ3n) is 1.97. The minimum absolute atomic E-state index is 1.05. The minimum atomic E-state index is 1.05. The third kappa shape index (κ3) is 1.31. The van der Waals surface area contributed by atoms with Gasteiger partial charge in [0.05, 0.1) is 0 Å². The molecule has 0 spiro atoms. The number of aryl methyl sites for hydroxylation is 1. The van der Waals surface area contributed by atoms with Crippen LogP contribution in [0.3, 0.4) is 0 Å². The smallest absolute Gasteiger partial charge is 0.325 e. The Hall–Kier alpha value is -1.12. The first-order valence-electron chi connectivity index (χ1n) is 3.55. The Labute approximate surface area is 66.6 Å². The molecule has 3 heteroatoms. The Balaban J connectivity index is 3.25. The van der Waals surface area contributed by atoms with Crippen molar-refractivity contribution in [1.29, 1.82) is 0 Å². The van der Waals surface area contributed by atoms with Gasteiger partial charge in [0.15, 0.2) is 11.4 Å². The Kier molecular flexibility index (Phi) is 2.08. The lowest BCUT2D eigenvalue weighted by atomic mass is 10.2. The van der Waals surface area contributed by atoms with Crippen LogP contribution in [0.15, 0.2) is 6.33 Å². The van der Waals surface area contributed by atoms with Crippen molar-refractivity contribution in [3.05, 3.63) is 23.3 Å². The van der Waals surface area contributed by atoms with Gasteiger partial charge in [-0.2, -0.15) is 0 Å². The summed E-state index contributed by atoms with van der Waals surface area (Å²) in [6.07, 6.45) is 1.68. The average molecular weight is 153 g/mol. The molecule has 0 bridgehead atoms. The summed E-state index contributed by atoms with van der Waals surface area (Å²) < 4.78 is 1.66. The molecule has 1 aromatic rings. The van der Waals surface area contributed by atoms with E-state index in [-0.39, 0.29) is 0 Å². The van der Waals surface area contributed by atoms with Crippen LogP contribution in [-0.2, 0) is 0 Å². The van der Waals surface area contributed by atoms with Gasteiger partial charge >= 0.3 is 6.33 Å². The van der Waals surface area contributed by atoms with Gasteiger partial charge in [-0.3, -0.25) is 0 Å². The highest BCUT2D eigenvalue weighted by Gasteiger charge is 2.10. The zero-order chi connectivity index (χ0) is 8.43. The Bertz CT molecular complexity index is 271. The van der Waals surface area contributed by atoms with Crippen molar-refractivity contribution in [2.75, 3.05) is 7.11 Å². The predicted molar refractivity (Wildman–Crippen MR) is 41.1 cm³/mol. The molecule has 3 nitrogen and oxygen atoms in total. The lowest BCUT2D eigenvalue weighted by Gasteiger charge is -2.01. The molecule has 0 N–H and O–H groups in total. The summed E-state index contributed by atoms with van der Waals surface area (Å²) in [4.78, 5) is 9.18. The van der Waals surface area contributed by atoms with Gasteiger partial charge in [-0.15, -0.1) is 0 Å². The standard InChI is InChI=1S/C8H13N2O/c1-6-7(2)9-5-10(11-4)8(6)3/h5H,1-4H3/q+1. The molecule has 0 aliphatic rings. The quantitative estimate of drug-likeness (QED) is 0.544. The van der Waals surface area contributed by atoms with Gasteiger partial charge in [-0.1, -0.05) is 4.98 Å². The average Bonchev–Trinajstić information content (AvgIpc) is 2.01. The van der Waals surface area contributed by atoms with E-state index in [0.29, 0.717) is 0 Å². The van der Waals surface area contributed by atoms with E-state index in [1.54, 1.807) is 18.2 Å². The van der Waals surface area contributed by atoms with Crippen molar-refractivity contribution < 1.29 is 9.57 Å². The first-order chi connectivity index (χ1) is 5.16. The van der Waals surface area contributed by atoms with Crippen LogP contribution in [0.2, 0.25) is 0 Å². The number of hydrogen-bond acceptors (Lipinski definition) is 2. The van der Waals surface area contributed by atoms with Crippen LogP contribution in [0.4, 0.5) is 0 Å². The molecule has 0 aliphatic carbocycles. The number of hydrogen-bond donors (Lipinski definition) is 0. The zero-order valence-electron chi connectivity index (χ0n) is 7.38. The molecule has 11 heavy (non-hydrogen) atoms. The molecule has 1 aromatic heterocycles. The second-order valence-corrected chi connectivity index (χ2v) is 2.55. The van der Waals surface area contributed by atoms with E-state index in [9.17, 15) is 0 Å². The molecule has 0 aromatic carbocycles. The van der Waals surface area contributed by atoms with E-state index in [1.165, 1.54) is 5.56 Å². The maximum absolute atomic E-state index is 5.03. The van der Waals surface area contributed by atoms with Crippen LogP contribution in [-0.4, -0.2) is 12.1 Å². The second kappa shape index (κ2) is 2.86. The van der Waals surface area contributed by atoms with Gasteiger partial charge in [0, 0.05) is 19.4 Å². The first-order valence-corrected chi connectivity index (χ1v) is 3.55. The van der Waals surface area contributed by atoms with E-state index in [1.807, 2.05) is 20.8 Å². The molecule has 0 aliphatic heterocycles. The highest BCUT2D eigenvalue weighted by atomic mass is 16.6. The lowest BCUT2D eigenvalue weighted by molar-refractivity contribution is -0.891. The number of aromatic nitrogens is 2. The van der Waals surface area contributed by atoms with Crippen molar-refractivity contribution in [3.63, 3.8) is 0 Å². The summed E-state index contributed by atoms with van der Waals surface area (Å²) in [5.74, 6) is 0. The van der Waals surface area contributed by atoms with E-state index >= 15 is 0 Å². The SMILES string of the molecule is CO[n+]1cnc(C)c(C)c1C. The first kappa shape index (κ1) is 7.98. The zero-order valence-corrected chi connectivity index (χ0v) is 7.38. The summed E-state index contributed by atoms with van der Waals surface area (Å²) in [7, 11) is 1.63. The van der Waals surface area contributed by atoms with E-state index in [2.05, 4.69) is 4.98 Å². The van der Waals surface area contributed by atoms with Crippen LogP contribution in [0.5, 0.6) is 0 Å². The monoisotopic (exact) mass is 153 g/mol. The van der Waals surface area contributed by atoms with Crippen molar-refractivity contribution in [1.82, 2.24) is 4.98 Å². The number of rotatable bonds is 1. The van der Waals surface area contributed by atoms with Gasteiger partial charge in [0.2, 0.25) is 0 Å². The molecular weight excluding hydrogens is 140 g/mol. The van der Waals surface area contributed by atoms with Crippen molar-refractivity contribution >= 4 is 0 Å². The van der Waals surface area contributed by atoms with Crippen LogP contribution in [0.1, 0.15) is 17.0 Å². The van der Waals surface area contributed by atoms with Crippen LogP contribution in [0.25, 0.3) is 0 Å². The highest BCUT2D eigenvalue weighted by Crippen LogP contribution is 2.02. The van der Waals surface area contributed by atoms with Crippen molar-refractivity contribution in [2.45, 2.75) is 20.8 Å². The molecule has 0 radical (unpaired) electrons. The molecule has 0 saturated carbocycles. The third-order valence-corrected chi connectivity index (χ3v) is 1.97. The van der Waals surface area contributed by atoms with E-state index in [4.69, 9.17) is 4.84 Å². The molecule has 0 amide bonds. The fourth-order valence-corrected chi connectivity index (χ4v) is 0.934. The summed E-state index contributed by atoms with van der Waals surface area (Å²) in [6.45, 7) is 6.03. The number of nitrogens with zero attached hydrogens (tertiary/aromatic N) is 2. The predicted octanol–water partition coefficient (Wildman–Crippen LogP) is 0.353. The minimum Gasteiger partial charge on any atom is -0.339 e. The molecular formula is C8H13N2O+. The topological polar surface area (TPSA) is 26.0 Å². The summed E-state index contributed by atoms with van der Waals surface area (Å²) in [5, 5.41) is 0. The summed E-state index contributed by atoms with van der Waals surface area (Å²) >= 11 is 0. The molecule has 1 heterocycles. The normalized spacial score (nSPS) is 9.82. The molecule has 0 atom stereocenters. The fourth-order valence-electron chi connectivity index (χ4n) is 0.934. The summed E-state index contributed by atoms with van der Waals surface area (Å²) in [5.41, 5.74) is 3.32. The van der Waals surface area contributed by atoms with Gasteiger partial charge in [0.1, 0.15) is 7.11 Å². The fraction of sp³-hybridized carbons (Fsp3) is 0.500. The van der Waals surface area contributed by atoms with Crippen molar-refractivity contribution in [3.8, 4) is 0 Å². The maximum Gasteiger partial charge on any atom is 0.325 e.